The van der Waals surface area contributed by atoms with Crippen LogP contribution in [0.4, 0.5) is 4.79 Å². The van der Waals surface area contributed by atoms with E-state index in [-0.39, 0.29) is 23.6 Å². The molecule has 1 saturated carbocycles. The third kappa shape index (κ3) is 3.33. The molecule has 0 radical (unpaired) electrons. The Morgan fingerprint density at radius 3 is 2.82 bits per heavy atom. The molecule has 0 unspecified atom stereocenters. The number of carboxylic acids is 1. The van der Waals surface area contributed by atoms with E-state index in [0.717, 1.165) is 18.4 Å². The van der Waals surface area contributed by atoms with Gasteiger partial charge < -0.3 is 30.3 Å². The van der Waals surface area contributed by atoms with Gasteiger partial charge >= 0.3 is 12.1 Å². The maximum Gasteiger partial charge on any atom is 0.411 e. The second kappa shape index (κ2) is 7.91. The Labute approximate surface area is 194 Å². The van der Waals surface area contributed by atoms with Crippen molar-refractivity contribution in [3.8, 4) is 16.9 Å². The molecule has 178 valence electrons. The minimum absolute atomic E-state index is 0.0194. The topological polar surface area (TPSA) is 151 Å². The van der Waals surface area contributed by atoms with Gasteiger partial charge in [0.05, 0.1) is 25.2 Å². The van der Waals surface area contributed by atoms with E-state index in [9.17, 15) is 19.5 Å². The van der Waals surface area contributed by atoms with E-state index in [0.29, 0.717) is 41.0 Å². The first-order valence-corrected chi connectivity index (χ1v) is 11.1. The number of amides is 1. The monoisotopic (exact) mass is 466 g/mol. The number of rotatable bonds is 6. The first kappa shape index (κ1) is 22.0. The molecule has 0 bridgehead atoms. The number of nitrogens with two attached hydrogens (primary N) is 1. The number of hydrogen-bond donors (Lipinski definition) is 4. The van der Waals surface area contributed by atoms with Crippen LogP contribution in [0.25, 0.3) is 22.0 Å². The van der Waals surface area contributed by atoms with Gasteiger partial charge in [0.1, 0.15) is 11.3 Å². The molecule has 3 aromatic rings. The summed E-state index contributed by atoms with van der Waals surface area (Å²) >= 11 is 0. The van der Waals surface area contributed by atoms with Crippen molar-refractivity contribution in [2.45, 2.75) is 31.4 Å². The minimum atomic E-state index is -1.14. The maximum atomic E-state index is 12.8. The zero-order chi connectivity index (χ0) is 24.2. The first-order chi connectivity index (χ1) is 16.3. The Morgan fingerprint density at radius 1 is 1.38 bits per heavy atom. The Hall–Kier alpha value is -3.79. The number of aromatic amines is 2. The molecule has 2 aliphatic rings. The van der Waals surface area contributed by atoms with E-state index in [4.69, 9.17) is 15.2 Å². The second-order valence-electron chi connectivity index (χ2n) is 9.10. The van der Waals surface area contributed by atoms with Gasteiger partial charge in [0.25, 0.3) is 5.56 Å². The zero-order valence-corrected chi connectivity index (χ0v) is 18.9. The largest absolute Gasteiger partial charge is 0.491 e. The summed E-state index contributed by atoms with van der Waals surface area (Å²) in [6.07, 6.45) is 2.59. The van der Waals surface area contributed by atoms with Gasteiger partial charge in [-0.1, -0.05) is 18.2 Å². The summed E-state index contributed by atoms with van der Waals surface area (Å²) in [5, 5.41) is 10.6. The highest BCUT2D eigenvalue weighted by Gasteiger charge is 2.54. The SMILES string of the molecule is COc1cc(-c2c(C(=O)O)[nH]c3c([C@H](C)N4CC5(CC(CN)C5)OC4=O)cccc23)c[nH]c1=O. The molecule has 5 N–H and O–H groups in total. The van der Waals surface area contributed by atoms with Crippen LogP contribution in [0.3, 0.4) is 0 Å². The van der Waals surface area contributed by atoms with Crippen molar-refractivity contribution in [2.75, 3.05) is 20.2 Å². The normalized spacial score (nSPS) is 22.6. The second-order valence-corrected chi connectivity index (χ2v) is 9.10. The molecule has 3 heterocycles. The number of fused-ring (bicyclic) bond motifs is 1. The number of nitrogens with zero attached hydrogens (tertiary/aromatic N) is 1. The van der Waals surface area contributed by atoms with Crippen molar-refractivity contribution in [1.82, 2.24) is 14.9 Å². The Balaban J connectivity index is 1.58. The quantitative estimate of drug-likeness (QED) is 0.436. The molecular formula is C24H26N4O6. The number of hydrogen-bond acceptors (Lipinski definition) is 6. The fourth-order valence-electron chi connectivity index (χ4n) is 5.29. The van der Waals surface area contributed by atoms with Gasteiger partial charge in [0, 0.05) is 22.7 Å². The molecule has 1 atom stereocenters. The lowest BCUT2D eigenvalue weighted by Gasteiger charge is -2.42. The summed E-state index contributed by atoms with van der Waals surface area (Å²) in [5.41, 5.74) is 7.13. The number of aromatic nitrogens is 2. The summed E-state index contributed by atoms with van der Waals surface area (Å²) in [6.45, 7) is 2.95. The van der Waals surface area contributed by atoms with Crippen LogP contribution in [0, 0.1) is 5.92 Å². The lowest BCUT2D eigenvalue weighted by Crippen LogP contribution is -2.49. The number of nitrogens with one attached hydrogen (secondary N) is 2. The number of pyridine rings is 1. The van der Waals surface area contributed by atoms with E-state index in [1.165, 1.54) is 19.4 Å². The fraction of sp³-hybridized carbons (Fsp3) is 0.375. The number of para-hydroxylation sites is 1. The highest BCUT2D eigenvalue weighted by Crippen LogP contribution is 2.47. The predicted molar refractivity (Wildman–Crippen MR) is 124 cm³/mol. The van der Waals surface area contributed by atoms with Crippen LogP contribution in [-0.4, -0.2) is 57.8 Å². The van der Waals surface area contributed by atoms with Crippen molar-refractivity contribution in [3.63, 3.8) is 0 Å². The average molecular weight is 466 g/mol. The smallest absolute Gasteiger partial charge is 0.411 e. The first-order valence-electron chi connectivity index (χ1n) is 11.1. The van der Waals surface area contributed by atoms with Crippen LogP contribution >= 0.6 is 0 Å². The molecular weight excluding hydrogens is 440 g/mol. The third-order valence-corrected chi connectivity index (χ3v) is 7.03. The number of benzene rings is 1. The summed E-state index contributed by atoms with van der Waals surface area (Å²) in [5.74, 6) is -0.698. The van der Waals surface area contributed by atoms with E-state index >= 15 is 0 Å². The van der Waals surface area contributed by atoms with Crippen molar-refractivity contribution in [2.24, 2.45) is 11.7 Å². The number of H-pyrrole nitrogens is 2. The molecule has 5 rings (SSSR count). The number of aromatic carboxylic acids is 1. The average Bonchev–Trinajstić information content (AvgIpc) is 3.36. The maximum absolute atomic E-state index is 12.8. The summed E-state index contributed by atoms with van der Waals surface area (Å²) in [6, 6.07) is 6.66. The Bertz CT molecular complexity index is 1350. The van der Waals surface area contributed by atoms with Crippen LogP contribution in [-0.2, 0) is 4.74 Å². The molecule has 1 aliphatic carbocycles. The van der Waals surface area contributed by atoms with Crippen molar-refractivity contribution in [3.05, 3.63) is 52.1 Å². The molecule has 1 aliphatic heterocycles. The standard InChI is InChI=1S/C24H26N4O6/c1-12(28-11-24(34-23(28)32)7-13(8-24)9-25)15-4-3-5-16-18(20(22(30)31)27-19(15)16)14-6-17(33-2)21(29)26-10-14/h3-6,10,12-13,27H,7-9,11,25H2,1-2H3,(H,26,29)(H,30,31)/t12-,13?,24?/m0/s1. The van der Waals surface area contributed by atoms with Crippen LogP contribution in [0.15, 0.2) is 35.3 Å². The van der Waals surface area contributed by atoms with Crippen LogP contribution in [0.5, 0.6) is 5.75 Å². The molecule has 10 heteroatoms. The van der Waals surface area contributed by atoms with Crippen LogP contribution < -0.4 is 16.0 Å². The summed E-state index contributed by atoms with van der Waals surface area (Å²) < 4.78 is 10.9. The van der Waals surface area contributed by atoms with E-state index < -0.39 is 17.1 Å². The molecule has 10 nitrogen and oxygen atoms in total. The van der Waals surface area contributed by atoms with Gasteiger partial charge in [-0.05, 0) is 43.9 Å². The number of ether oxygens (including phenoxy) is 2. The van der Waals surface area contributed by atoms with Crippen molar-refractivity contribution >= 4 is 23.0 Å². The van der Waals surface area contributed by atoms with Gasteiger partial charge in [-0.25, -0.2) is 9.59 Å². The van der Waals surface area contributed by atoms with E-state index in [1.807, 2.05) is 25.1 Å². The molecule has 34 heavy (non-hydrogen) atoms. The lowest BCUT2D eigenvalue weighted by atomic mass is 9.71. The highest BCUT2D eigenvalue weighted by molar-refractivity contribution is 6.08. The fourth-order valence-corrected chi connectivity index (χ4v) is 5.29. The molecule has 1 amide bonds. The Morgan fingerprint density at radius 2 is 2.15 bits per heavy atom. The van der Waals surface area contributed by atoms with Gasteiger partial charge in [0.2, 0.25) is 0 Å². The van der Waals surface area contributed by atoms with Crippen molar-refractivity contribution in [1.29, 1.82) is 0 Å². The van der Waals surface area contributed by atoms with E-state index in [1.54, 1.807) is 4.90 Å². The molecule has 1 aromatic carbocycles. The number of carbonyl (C=O) groups excluding carboxylic acids is 1. The highest BCUT2D eigenvalue weighted by atomic mass is 16.6. The number of methoxy groups -OCH3 is 1. The van der Waals surface area contributed by atoms with Gasteiger partial charge in [-0.2, -0.15) is 0 Å². The third-order valence-electron chi connectivity index (χ3n) is 7.03. The molecule has 1 saturated heterocycles. The molecule has 1 spiro atoms. The van der Waals surface area contributed by atoms with Crippen LogP contribution in [0.1, 0.15) is 41.9 Å². The van der Waals surface area contributed by atoms with Gasteiger partial charge in [0.15, 0.2) is 5.75 Å². The van der Waals surface area contributed by atoms with Crippen molar-refractivity contribution < 1.29 is 24.2 Å². The van der Waals surface area contributed by atoms with Gasteiger partial charge in [-0.3, -0.25) is 9.69 Å². The van der Waals surface area contributed by atoms with Gasteiger partial charge in [-0.15, -0.1) is 0 Å². The lowest BCUT2D eigenvalue weighted by molar-refractivity contribution is -0.0439. The van der Waals surface area contributed by atoms with Crippen LogP contribution in [0.2, 0.25) is 0 Å². The van der Waals surface area contributed by atoms with E-state index in [2.05, 4.69) is 9.97 Å². The predicted octanol–water partition coefficient (Wildman–Crippen LogP) is 2.85. The molecule has 2 aromatic heterocycles. The summed E-state index contributed by atoms with van der Waals surface area (Å²) in [7, 11) is 1.38. The number of carbonyl (C=O) groups is 2. The molecule has 2 fully saturated rings. The minimum Gasteiger partial charge on any atom is -0.491 e. The Kier molecular flexibility index (Phi) is 5.12. The number of carboxylic acid groups (broad SMARTS) is 1. The zero-order valence-electron chi connectivity index (χ0n) is 18.9. The summed E-state index contributed by atoms with van der Waals surface area (Å²) in [4.78, 5) is 44.1.